The van der Waals surface area contributed by atoms with E-state index in [1.807, 2.05) is 20.8 Å². The highest BCUT2D eigenvalue weighted by Crippen LogP contribution is 2.06. The zero-order chi connectivity index (χ0) is 25.6. The number of alkyl carbamates (subject to hydrolysis) is 1. The van der Waals surface area contributed by atoms with E-state index in [1.165, 1.54) is 12.8 Å². The molecular weight excluding hydrogens is 444 g/mol. The summed E-state index contributed by atoms with van der Waals surface area (Å²) in [6.45, 7) is 17.6. The second kappa shape index (κ2) is 21.1. The van der Waals surface area contributed by atoms with Crippen LogP contribution in [0, 0.1) is 0 Å². The van der Waals surface area contributed by atoms with Crippen molar-refractivity contribution in [1.82, 2.24) is 37.2 Å². The molecule has 0 saturated carbocycles. The minimum atomic E-state index is -0.426. The Balaban J connectivity index is 0.000000379. The summed E-state index contributed by atoms with van der Waals surface area (Å²) in [5, 5.41) is 23.5. The maximum absolute atomic E-state index is 11.5. The van der Waals surface area contributed by atoms with E-state index in [2.05, 4.69) is 37.2 Å². The lowest BCUT2D eigenvalue weighted by atomic mass is 10.1. The topological polar surface area (TPSA) is 137 Å². The van der Waals surface area contributed by atoms with Crippen molar-refractivity contribution in [1.29, 1.82) is 0 Å². The van der Waals surface area contributed by atoms with Crippen LogP contribution in [0.5, 0.6) is 0 Å². The Kier molecular flexibility index (Phi) is 19.3. The molecule has 0 aromatic heterocycles. The van der Waals surface area contributed by atoms with Gasteiger partial charge in [-0.15, -0.1) is 0 Å². The molecule has 2 fully saturated rings. The van der Waals surface area contributed by atoms with Crippen molar-refractivity contribution in [2.45, 2.75) is 77.0 Å². The smallest absolute Gasteiger partial charge is 0.407 e. The van der Waals surface area contributed by atoms with E-state index in [9.17, 15) is 4.79 Å². The van der Waals surface area contributed by atoms with Gasteiger partial charge < -0.3 is 47.7 Å². The van der Waals surface area contributed by atoms with Crippen LogP contribution in [0.15, 0.2) is 0 Å². The van der Waals surface area contributed by atoms with Gasteiger partial charge in [-0.25, -0.2) is 4.79 Å². The molecule has 2 heterocycles. The Labute approximate surface area is 214 Å². The average Bonchev–Trinajstić information content (AvgIpc) is 3.02. The number of hydrogen-bond acceptors (Lipinski definition) is 9. The second-order valence-electron chi connectivity index (χ2n) is 10.4. The van der Waals surface area contributed by atoms with E-state index in [1.54, 1.807) is 0 Å². The molecular formula is C25H56N8O2. The molecule has 10 heteroatoms. The van der Waals surface area contributed by atoms with E-state index in [4.69, 9.17) is 10.5 Å². The highest BCUT2D eigenvalue weighted by Gasteiger charge is 2.15. The highest BCUT2D eigenvalue weighted by atomic mass is 16.6. The SMILES string of the molecule is CC(C)(C)OC(=O)NCCCC[C@H]1CNCCNCCN1.NCCCC[C@H]1CNCCNCCN1. The van der Waals surface area contributed by atoms with Crippen LogP contribution in [-0.2, 0) is 4.74 Å². The Morgan fingerprint density at radius 3 is 1.77 bits per heavy atom. The normalized spacial score (nSPS) is 22.6. The standard InChI is InChI=1S/C15H32N4O2.C10H24N4/c1-15(2,3)21-14(20)19-7-5-4-6-13-12-17-9-8-16-10-11-18-13;11-4-2-1-3-10-9-13-6-5-12-7-8-14-10/h13,16-18H,4-12H2,1-3H3,(H,19,20);10,12-14H,1-9,11H2/t13-;10-/m00/s1. The third-order valence-corrected chi connectivity index (χ3v) is 5.86. The van der Waals surface area contributed by atoms with Crippen molar-refractivity contribution >= 4 is 6.09 Å². The molecule has 1 amide bonds. The van der Waals surface area contributed by atoms with Gasteiger partial charge >= 0.3 is 6.09 Å². The van der Waals surface area contributed by atoms with Crippen molar-refractivity contribution in [3.63, 3.8) is 0 Å². The van der Waals surface area contributed by atoms with Crippen molar-refractivity contribution in [2.24, 2.45) is 5.73 Å². The largest absolute Gasteiger partial charge is 0.444 e. The van der Waals surface area contributed by atoms with E-state index in [-0.39, 0.29) is 6.09 Å². The molecule has 10 nitrogen and oxygen atoms in total. The summed E-state index contributed by atoms with van der Waals surface area (Å²) >= 11 is 0. The molecule has 0 aliphatic carbocycles. The predicted molar refractivity (Wildman–Crippen MR) is 146 cm³/mol. The molecule has 0 radical (unpaired) electrons. The first kappa shape index (κ1) is 32.0. The van der Waals surface area contributed by atoms with Crippen LogP contribution >= 0.6 is 0 Å². The van der Waals surface area contributed by atoms with Crippen LogP contribution in [0.2, 0.25) is 0 Å². The minimum absolute atomic E-state index is 0.323. The van der Waals surface area contributed by atoms with Gasteiger partial charge in [0.2, 0.25) is 0 Å². The average molecular weight is 501 g/mol. The molecule has 0 bridgehead atoms. The molecule has 35 heavy (non-hydrogen) atoms. The first-order chi connectivity index (χ1) is 16.9. The summed E-state index contributed by atoms with van der Waals surface area (Å²) < 4.78 is 5.20. The molecule has 2 aliphatic rings. The van der Waals surface area contributed by atoms with E-state index < -0.39 is 5.60 Å². The van der Waals surface area contributed by atoms with E-state index in [0.29, 0.717) is 18.6 Å². The molecule has 2 atom stereocenters. The molecule has 208 valence electrons. The zero-order valence-corrected chi connectivity index (χ0v) is 22.8. The summed E-state index contributed by atoms with van der Waals surface area (Å²) in [5.74, 6) is 0. The minimum Gasteiger partial charge on any atom is -0.444 e. The van der Waals surface area contributed by atoms with Gasteiger partial charge in [-0.3, -0.25) is 0 Å². The van der Waals surface area contributed by atoms with Crippen LogP contribution in [0.1, 0.15) is 59.3 Å². The van der Waals surface area contributed by atoms with Gasteiger partial charge in [-0.2, -0.15) is 0 Å². The zero-order valence-electron chi connectivity index (χ0n) is 22.8. The summed E-state index contributed by atoms with van der Waals surface area (Å²) in [7, 11) is 0. The van der Waals surface area contributed by atoms with Gasteiger partial charge in [0.05, 0.1) is 0 Å². The molecule has 2 saturated heterocycles. The summed E-state index contributed by atoms with van der Waals surface area (Å²) in [4.78, 5) is 11.5. The van der Waals surface area contributed by atoms with Gasteiger partial charge in [-0.05, 0) is 53.0 Å². The van der Waals surface area contributed by atoms with Gasteiger partial charge in [-0.1, -0.05) is 12.8 Å². The van der Waals surface area contributed by atoms with Gasteiger partial charge in [0, 0.05) is 84.1 Å². The number of rotatable bonds is 9. The molecule has 0 aromatic carbocycles. The summed E-state index contributed by atoms with van der Waals surface area (Å²) in [5.41, 5.74) is 5.05. The fraction of sp³-hybridized carbons (Fsp3) is 0.960. The molecule has 9 N–H and O–H groups in total. The lowest BCUT2D eigenvalue weighted by Crippen LogP contribution is -2.39. The maximum atomic E-state index is 11.5. The van der Waals surface area contributed by atoms with Gasteiger partial charge in [0.25, 0.3) is 0 Å². The van der Waals surface area contributed by atoms with Gasteiger partial charge in [0.15, 0.2) is 0 Å². The fourth-order valence-electron chi connectivity index (χ4n) is 3.99. The Morgan fingerprint density at radius 2 is 1.26 bits per heavy atom. The first-order valence-corrected chi connectivity index (χ1v) is 13.9. The summed E-state index contributed by atoms with van der Waals surface area (Å²) in [6.07, 6.45) is 6.52. The van der Waals surface area contributed by atoms with Crippen LogP contribution in [0.4, 0.5) is 4.79 Å². The summed E-state index contributed by atoms with van der Waals surface area (Å²) in [6, 6.07) is 1.15. The molecule has 0 aromatic rings. The number of amides is 1. The van der Waals surface area contributed by atoms with Crippen LogP contribution < -0.4 is 43.0 Å². The number of hydrogen-bond donors (Lipinski definition) is 8. The lowest BCUT2D eigenvalue weighted by Gasteiger charge is -2.20. The van der Waals surface area contributed by atoms with Crippen LogP contribution in [-0.4, -0.2) is 102 Å². The Hall–Kier alpha value is -1.01. The quantitative estimate of drug-likeness (QED) is 0.207. The Bertz CT molecular complexity index is 484. The molecule has 2 rings (SSSR count). The number of carbonyl (C=O) groups excluding carboxylic acids is 1. The third kappa shape index (κ3) is 20.8. The van der Waals surface area contributed by atoms with Gasteiger partial charge in [0.1, 0.15) is 5.60 Å². The lowest BCUT2D eigenvalue weighted by molar-refractivity contribution is 0.0527. The van der Waals surface area contributed by atoms with Crippen molar-refractivity contribution in [3.05, 3.63) is 0 Å². The number of nitrogens with one attached hydrogen (secondary N) is 7. The predicted octanol–water partition coefficient (Wildman–Crippen LogP) is 0.0988. The van der Waals surface area contributed by atoms with Crippen molar-refractivity contribution < 1.29 is 9.53 Å². The van der Waals surface area contributed by atoms with E-state index >= 15 is 0 Å². The monoisotopic (exact) mass is 500 g/mol. The van der Waals surface area contributed by atoms with Crippen molar-refractivity contribution in [2.75, 3.05) is 78.5 Å². The van der Waals surface area contributed by atoms with E-state index in [0.717, 1.165) is 97.7 Å². The van der Waals surface area contributed by atoms with Crippen LogP contribution in [0.3, 0.4) is 0 Å². The number of ether oxygens (including phenoxy) is 1. The first-order valence-electron chi connectivity index (χ1n) is 13.9. The number of carbonyl (C=O) groups is 1. The molecule has 2 aliphatic heterocycles. The molecule has 0 spiro atoms. The second-order valence-corrected chi connectivity index (χ2v) is 10.4. The Morgan fingerprint density at radius 1 is 0.771 bits per heavy atom. The van der Waals surface area contributed by atoms with Crippen molar-refractivity contribution in [3.8, 4) is 0 Å². The maximum Gasteiger partial charge on any atom is 0.407 e. The highest BCUT2D eigenvalue weighted by molar-refractivity contribution is 5.67. The number of unbranched alkanes of at least 4 members (excludes halogenated alkanes) is 2. The molecule has 0 unspecified atom stereocenters. The fourth-order valence-corrected chi connectivity index (χ4v) is 3.99. The number of nitrogens with two attached hydrogens (primary N) is 1. The third-order valence-electron chi connectivity index (χ3n) is 5.86. The van der Waals surface area contributed by atoms with Crippen LogP contribution in [0.25, 0.3) is 0 Å².